The number of hydrogen-bond acceptors (Lipinski definition) is 3. The molecular weight excluding hydrogens is 226 g/mol. The van der Waals surface area contributed by atoms with Gasteiger partial charge in [-0.15, -0.1) is 0 Å². The Bertz CT molecular complexity index is 329. The van der Waals surface area contributed by atoms with Crippen LogP contribution in [-0.4, -0.2) is 47.5 Å². The van der Waals surface area contributed by atoms with Crippen LogP contribution in [0.15, 0.2) is 12.4 Å². The van der Waals surface area contributed by atoms with Gasteiger partial charge in [0.05, 0.1) is 24.4 Å². The SMILES string of the molecule is COC[C@@H]1CCCN1CCn1cc(Cl)cn1. The average molecular weight is 244 g/mol. The fraction of sp³-hybridized carbons (Fsp3) is 0.727. The number of aromatic nitrogens is 2. The summed E-state index contributed by atoms with van der Waals surface area (Å²) in [5.74, 6) is 0. The maximum absolute atomic E-state index is 5.82. The molecule has 0 aliphatic carbocycles. The molecule has 90 valence electrons. The van der Waals surface area contributed by atoms with Crippen molar-refractivity contribution < 1.29 is 4.74 Å². The molecule has 0 spiro atoms. The summed E-state index contributed by atoms with van der Waals surface area (Å²) in [5, 5.41) is 4.88. The Balaban J connectivity index is 1.80. The van der Waals surface area contributed by atoms with Gasteiger partial charge in [-0.25, -0.2) is 0 Å². The van der Waals surface area contributed by atoms with E-state index in [4.69, 9.17) is 16.3 Å². The molecule has 4 nitrogen and oxygen atoms in total. The van der Waals surface area contributed by atoms with Gasteiger partial charge in [0.1, 0.15) is 0 Å². The molecular formula is C11H18ClN3O. The van der Waals surface area contributed by atoms with Crippen LogP contribution in [0.4, 0.5) is 0 Å². The van der Waals surface area contributed by atoms with Gasteiger partial charge in [-0.2, -0.15) is 5.10 Å². The van der Waals surface area contributed by atoms with Crippen molar-refractivity contribution in [2.75, 3.05) is 26.8 Å². The van der Waals surface area contributed by atoms with Crippen LogP contribution in [0.3, 0.4) is 0 Å². The van der Waals surface area contributed by atoms with Gasteiger partial charge in [0, 0.05) is 25.9 Å². The number of rotatable bonds is 5. The van der Waals surface area contributed by atoms with Gasteiger partial charge in [0.15, 0.2) is 0 Å². The van der Waals surface area contributed by atoms with Gasteiger partial charge in [-0.1, -0.05) is 11.6 Å². The van der Waals surface area contributed by atoms with Crippen LogP contribution in [-0.2, 0) is 11.3 Å². The minimum atomic E-state index is 0.580. The minimum Gasteiger partial charge on any atom is -0.383 e. The van der Waals surface area contributed by atoms with Gasteiger partial charge >= 0.3 is 0 Å². The van der Waals surface area contributed by atoms with E-state index in [1.165, 1.54) is 19.4 Å². The highest BCUT2D eigenvalue weighted by atomic mass is 35.5. The van der Waals surface area contributed by atoms with Crippen LogP contribution in [0, 0.1) is 0 Å². The largest absolute Gasteiger partial charge is 0.383 e. The van der Waals surface area contributed by atoms with Crippen molar-refractivity contribution in [1.82, 2.24) is 14.7 Å². The Labute approximate surface area is 101 Å². The van der Waals surface area contributed by atoms with E-state index in [9.17, 15) is 0 Å². The normalized spacial score (nSPS) is 21.8. The van der Waals surface area contributed by atoms with E-state index < -0.39 is 0 Å². The summed E-state index contributed by atoms with van der Waals surface area (Å²) in [6.45, 7) is 3.92. The molecule has 0 bridgehead atoms. The highest BCUT2D eigenvalue weighted by Gasteiger charge is 2.23. The maximum Gasteiger partial charge on any atom is 0.0785 e. The van der Waals surface area contributed by atoms with Crippen LogP contribution in [0.2, 0.25) is 5.02 Å². The van der Waals surface area contributed by atoms with Gasteiger partial charge in [0.25, 0.3) is 0 Å². The number of hydrogen-bond donors (Lipinski definition) is 0. The van der Waals surface area contributed by atoms with E-state index in [1.54, 1.807) is 13.3 Å². The summed E-state index contributed by atoms with van der Waals surface area (Å²) in [7, 11) is 1.77. The van der Waals surface area contributed by atoms with Crippen molar-refractivity contribution in [3.05, 3.63) is 17.4 Å². The molecule has 0 saturated carbocycles. The smallest absolute Gasteiger partial charge is 0.0785 e. The van der Waals surface area contributed by atoms with E-state index >= 15 is 0 Å². The molecule has 1 aliphatic heterocycles. The molecule has 1 saturated heterocycles. The molecule has 2 heterocycles. The van der Waals surface area contributed by atoms with Crippen LogP contribution in [0.1, 0.15) is 12.8 Å². The molecule has 5 heteroatoms. The molecule has 1 aromatic rings. The quantitative estimate of drug-likeness (QED) is 0.788. The highest BCUT2D eigenvalue weighted by molar-refractivity contribution is 6.30. The number of likely N-dealkylation sites (tertiary alicyclic amines) is 1. The van der Waals surface area contributed by atoms with E-state index in [1.807, 2.05) is 10.9 Å². The zero-order chi connectivity index (χ0) is 11.4. The molecule has 16 heavy (non-hydrogen) atoms. The number of methoxy groups -OCH3 is 1. The standard InChI is InChI=1S/C11H18ClN3O/c1-16-9-11-3-2-4-14(11)5-6-15-8-10(12)7-13-15/h7-8,11H,2-6,9H2,1H3/t11-/m0/s1. The highest BCUT2D eigenvalue weighted by Crippen LogP contribution is 2.17. The third-order valence-corrected chi connectivity index (χ3v) is 3.27. The van der Waals surface area contributed by atoms with Crippen LogP contribution < -0.4 is 0 Å². The number of nitrogens with zero attached hydrogens (tertiary/aromatic N) is 3. The maximum atomic E-state index is 5.82. The summed E-state index contributed by atoms with van der Waals surface area (Å²) in [6, 6.07) is 0.580. The molecule has 1 aromatic heterocycles. The molecule has 1 atom stereocenters. The zero-order valence-electron chi connectivity index (χ0n) is 9.60. The van der Waals surface area contributed by atoms with Crippen molar-refractivity contribution in [2.45, 2.75) is 25.4 Å². The lowest BCUT2D eigenvalue weighted by Crippen LogP contribution is -2.35. The molecule has 0 N–H and O–H groups in total. The molecule has 0 aromatic carbocycles. The van der Waals surface area contributed by atoms with E-state index in [0.29, 0.717) is 11.1 Å². The van der Waals surface area contributed by atoms with Crippen molar-refractivity contribution in [2.24, 2.45) is 0 Å². The van der Waals surface area contributed by atoms with Crippen molar-refractivity contribution in [3.8, 4) is 0 Å². The molecule has 1 fully saturated rings. The summed E-state index contributed by atoms with van der Waals surface area (Å²) >= 11 is 5.82. The monoisotopic (exact) mass is 243 g/mol. The van der Waals surface area contributed by atoms with Crippen molar-refractivity contribution in [1.29, 1.82) is 0 Å². The summed E-state index contributed by atoms with van der Waals surface area (Å²) in [6.07, 6.45) is 6.06. The second kappa shape index (κ2) is 5.66. The second-order valence-electron chi connectivity index (χ2n) is 4.21. The lowest BCUT2D eigenvalue weighted by Gasteiger charge is -2.23. The topological polar surface area (TPSA) is 30.3 Å². The second-order valence-corrected chi connectivity index (χ2v) is 4.65. The summed E-state index contributed by atoms with van der Waals surface area (Å²) in [4.78, 5) is 2.47. The van der Waals surface area contributed by atoms with E-state index in [-0.39, 0.29) is 0 Å². The van der Waals surface area contributed by atoms with E-state index in [0.717, 1.165) is 19.7 Å². The number of halogens is 1. The van der Waals surface area contributed by atoms with Gasteiger partial charge in [-0.3, -0.25) is 9.58 Å². The lowest BCUT2D eigenvalue weighted by molar-refractivity contribution is 0.113. The Morgan fingerprint density at radius 1 is 1.56 bits per heavy atom. The molecule has 2 rings (SSSR count). The Kier molecular flexibility index (Phi) is 4.21. The first-order valence-electron chi connectivity index (χ1n) is 5.70. The first-order valence-corrected chi connectivity index (χ1v) is 6.08. The van der Waals surface area contributed by atoms with Crippen LogP contribution in [0.25, 0.3) is 0 Å². The third kappa shape index (κ3) is 2.97. The predicted octanol–water partition coefficient (Wildman–Crippen LogP) is 1.65. The van der Waals surface area contributed by atoms with Gasteiger partial charge in [0.2, 0.25) is 0 Å². The molecule has 0 amide bonds. The van der Waals surface area contributed by atoms with Gasteiger partial charge in [-0.05, 0) is 19.4 Å². The Morgan fingerprint density at radius 2 is 2.44 bits per heavy atom. The van der Waals surface area contributed by atoms with Crippen LogP contribution in [0.5, 0.6) is 0 Å². The fourth-order valence-electron chi connectivity index (χ4n) is 2.26. The zero-order valence-corrected chi connectivity index (χ0v) is 10.4. The fourth-order valence-corrected chi connectivity index (χ4v) is 2.42. The average Bonchev–Trinajstić information content (AvgIpc) is 2.85. The summed E-state index contributed by atoms with van der Waals surface area (Å²) in [5.41, 5.74) is 0. The van der Waals surface area contributed by atoms with Crippen LogP contribution >= 0.6 is 11.6 Å². The Morgan fingerprint density at radius 3 is 3.12 bits per heavy atom. The van der Waals surface area contributed by atoms with Crippen molar-refractivity contribution >= 4 is 11.6 Å². The van der Waals surface area contributed by atoms with Crippen molar-refractivity contribution in [3.63, 3.8) is 0 Å². The third-order valence-electron chi connectivity index (χ3n) is 3.08. The Hall–Kier alpha value is -0.580. The number of ether oxygens (including phenoxy) is 1. The van der Waals surface area contributed by atoms with E-state index in [2.05, 4.69) is 10.00 Å². The molecule has 0 radical (unpaired) electrons. The summed E-state index contributed by atoms with van der Waals surface area (Å²) < 4.78 is 7.12. The predicted molar refractivity (Wildman–Crippen MR) is 63.7 cm³/mol. The molecule has 0 unspecified atom stereocenters. The lowest BCUT2D eigenvalue weighted by atomic mass is 10.2. The first kappa shape index (κ1) is 11.9. The van der Waals surface area contributed by atoms with Gasteiger partial charge < -0.3 is 4.74 Å². The first-order chi connectivity index (χ1) is 7.79. The molecule has 1 aliphatic rings. The minimum absolute atomic E-state index is 0.580.